The number of benzene rings is 2. The number of rotatable bonds is 7. The molecule has 0 bridgehead atoms. The van der Waals surface area contributed by atoms with Crippen molar-refractivity contribution in [1.29, 1.82) is 0 Å². The molecule has 1 aliphatic heterocycles. The maximum Gasteiger partial charge on any atom is 0.410 e. The van der Waals surface area contributed by atoms with Crippen LogP contribution in [0.2, 0.25) is 0 Å². The molecule has 1 aliphatic rings. The average molecular weight is 518 g/mol. The SMILES string of the molecule is COc1ccc(S(=O)(=O)N(Cc2ccc(NC(C)=O)cc2)C2CCCN(C(=O)OC(C)(C)C)C2)cc1. The summed E-state index contributed by atoms with van der Waals surface area (Å²) in [5.74, 6) is 0.374. The van der Waals surface area contributed by atoms with Gasteiger partial charge in [0.25, 0.3) is 0 Å². The van der Waals surface area contributed by atoms with Crippen LogP contribution < -0.4 is 10.1 Å². The zero-order valence-corrected chi connectivity index (χ0v) is 22.3. The van der Waals surface area contributed by atoms with Crippen LogP contribution in [0.4, 0.5) is 10.5 Å². The topological polar surface area (TPSA) is 105 Å². The van der Waals surface area contributed by atoms with E-state index >= 15 is 0 Å². The normalized spacial score (nSPS) is 16.5. The van der Waals surface area contributed by atoms with Gasteiger partial charge in [-0.25, -0.2) is 13.2 Å². The Balaban J connectivity index is 1.91. The summed E-state index contributed by atoms with van der Waals surface area (Å²) in [5, 5.41) is 2.71. The molecule has 0 aromatic heterocycles. The van der Waals surface area contributed by atoms with Gasteiger partial charge in [-0.1, -0.05) is 12.1 Å². The molecule has 196 valence electrons. The predicted octanol–water partition coefficient (Wildman–Crippen LogP) is 4.24. The molecule has 1 saturated heterocycles. The smallest absolute Gasteiger partial charge is 0.410 e. The minimum atomic E-state index is -3.91. The van der Waals surface area contributed by atoms with Crippen molar-refractivity contribution in [3.05, 3.63) is 54.1 Å². The van der Waals surface area contributed by atoms with Gasteiger partial charge in [0.05, 0.1) is 12.0 Å². The highest BCUT2D eigenvalue weighted by Crippen LogP contribution is 2.28. The Morgan fingerprint density at radius 2 is 1.72 bits per heavy atom. The third-order valence-corrected chi connectivity index (χ3v) is 7.65. The number of anilines is 1. The van der Waals surface area contributed by atoms with Gasteiger partial charge in [0.15, 0.2) is 0 Å². The van der Waals surface area contributed by atoms with Crippen molar-refractivity contribution < 1.29 is 27.5 Å². The van der Waals surface area contributed by atoms with Gasteiger partial charge in [-0.3, -0.25) is 4.79 Å². The molecule has 3 rings (SSSR count). The van der Waals surface area contributed by atoms with Crippen molar-refractivity contribution in [2.45, 2.75) is 63.6 Å². The van der Waals surface area contributed by atoms with Crippen LogP contribution in [0.25, 0.3) is 0 Å². The van der Waals surface area contributed by atoms with Crippen LogP contribution in [-0.2, 0) is 26.1 Å². The molecule has 0 radical (unpaired) electrons. The lowest BCUT2D eigenvalue weighted by Gasteiger charge is -2.39. The second-order valence-corrected chi connectivity index (χ2v) is 11.7. The van der Waals surface area contributed by atoms with Crippen LogP contribution in [0.5, 0.6) is 5.75 Å². The lowest BCUT2D eigenvalue weighted by molar-refractivity contribution is -0.114. The van der Waals surface area contributed by atoms with E-state index in [0.717, 1.165) is 5.56 Å². The Kier molecular flexibility index (Phi) is 8.63. The summed E-state index contributed by atoms with van der Waals surface area (Å²) in [5.41, 5.74) is 0.745. The predicted molar refractivity (Wildman–Crippen MR) is 137 cm³/mol. The fraction of sp³-hybridized carbons (Fsp3) is 0.462. The molecule has 1 heterocycles. The molecular weight excluding hydrogens is 482 g/mol. The number of hydrogen-bond acceptors (Lipinski definition) is 6. The molecule has 10 heteroatoms. The Labute approximate surface area is 213 Å². The average Bonchev–Trinajstić information content (AvgIpc) is 2.82. The molecule has 1 atom stereocenters. The standard InChI is InChI=1S/C26H35N3O6S/c1-19(30)27-21-10-8-20(9-11-21)17-29(36(32,33)24-14-12-23(34-5)13-15-24)22-7-6-16-28(18-22)25(31)35-26(2,3)4/h8-15,22H,6-7,16-18H2,1-5H3,(H,27,30). The number of nitrogens with one attached hydrogen (secondary N) is 1. The molecule has 2 aromatic rings. The number of methoxy groups -OCH3 is 1. The summed E-state index contributed by atoms with van der Waals surface area (Å²) in [6.45, 7) is 7.69. The number of hydrogen-bond donors (Lipinski definition) is 1. The summed E-state index contributed by atoms with van der Waals surface area (Å²) < 4.78 is 39.9. The van der Waals surface area contributed by atoms with E-state index in [9.17, 15) is 18.0 Å². The fourth-order valence-corrected chi connectivity index (χ4v) is 5.69. The first-order valence-electron chi connectivity index (χ1n) is 11.9. The summed E-state index contributed by atoms with van der Waals surface area (Å²) in [7, 11) is -2.39. The Bertz CT molecular complexity index is 1160. The van der Waals surface area contributed by atoms with Gasteiger partial charge in [-0.05, 0) is 75.6 Å². The van der Waals surface area contributed by atoms with E-state index in [4.69, 9.17) is 9.47 Å². The minimum Gasteiger partial charge on any atom is -0.497 e. The number of carbonyl (C=O) groups excluding carboxylic acids is 2. The summed E-state index contributed by atoms with van der Waals surface area (Å²) in [6, 6.07) is 12.9. The van der Waals surface area contributed by atoms with Crippen LogP contribution in [0.15, 0.2) is 53.4 Å². The Hall–Kier alpha value is -3.11. The molecule has 0 saturated carbocycles. The molecule has 2 aromatic carbocycles. The van der Waals surface area contributed by atoms with Crippen molar-refractivity contribution in [3.8, 4) is 5.75 Å². The number of amides is 2. The van der Waals surface area contributed by atoms with Crippen LogP contribution in [0, 0.1) is 0 Å². The van der Waals surface area contributed by atoms with Crippen molar-refractivity contribution in [2.24, 2.45) is 0 Å². The summed E-state index contributed by atoms with van der Waals surface area (Å²) >= 11 is 0. The third kappa shape index (κ3) is 7.20. The number of sulfonamides is 1. The zero-order valence-electron chi connectivity index (χ0n) is 21.5. The fourth-order valence-electron chi connectivity index (χ4n) is 4.05. The van der Waals surface area contributed by atoms with Gasteiger partial charge in [-0.15, -0.1) is 0 Å². The third-order valence-electron chi connectivity index (χ3n) is 5.73. The van der Waals surface area contributed by atoms with Gasteiger partial charge in [0.1, 0.15) is 11.4 Å². The first-order valence-corrected chi connectivity index (χ1v) is 13.3. The van der Waals surface area contributed by atoms with Gasteiger partial charge in [0.2, 0.25) is 15.9 Å². The number of piperidine rings is 1. The number of nitrogens with zero attached hydrogens (tertiary/aromatic N) is 2. The van der Waals surface area contributed by atoms with E-state index in [1.165, 1.54) is 30.5 Å². The lowest BCUT2D eigenvalue weighted by Crippen LogP contribution is -2.52. The first kappa shape index (κ1) is 27.5. The van der Waals surface area contributed by atoms with E-state index in [-0.39, 0.29) is 23.9 Å². The van der Waals surface area contributed by atoms with E-state index in [0.29, 0.717) is 30.8 Å². The van der Waals surface area contributed by atoms with Gasteiger partial charge in [0, 0.05) is 38.3 Å². The van der Waals surface area contributed by atoms with Crippen LogP contribution >= 0.6 is 0 Å². The molecule has 0 aliphatic carbocycles. The van der Waals surface area contributed by atoms with Gasteiger partial charge >= 0.3 is 6.09 Å². The first-order chi connectivity index (χ1) is 16.9. The van der Waals surface area contributed by atoms with E-state index in [1.807, 2.05) is 0 Å². The van der Waals surface area contributed by atoms with Gasteiger partial charge in [-0.2, -0.15) is 4.31 Å². The van der Waals surface area contributed by atoms with E-state index in [1.54, 1.807) is 62.1 Å². The van der Waals surface area contributed by atoms with Crippen LogP contribution in [-0.4, -0.2) is 61.5 Å². The number of likely N-dealkylation sites (tertiary alicyclic amines) is 1. The van der Waals surface area contributed by atoms with Crippen molar-refractivity contribution in [3.63, 3.8) is 0 Å². The van der Waals surface area contributed by atoms with Crippen molar-refractivity contribution in [2.75, 3.05) is 25.5 Å². The second kappa shape index (κ2) is 11.3. The molecule has 36 heavy (non-hydrogen) atoms. The molecular formula is C26H35N3O6S. The molecule has 1 fully saturated rings. The maximum absolute atomic E-state index is 13.8. The monoisotopic (exact) mass is 517 g/mol. The van der Waals surface area contributed by atoms with E-state index < -0.39 is 27.8 Å². The van der Waals surface area contributed by atoms with E-state index in [2.05, 4.69) is 5.32 Å². The number of ether oxygens (including phenoxy) is 2. The van der Waals surface area contributed by atoms with Gasteiger partial charge < -0.3 is 19.7 Å². The molecule has 9 nitrogen and oxygen atoms in total. The van der Waals surface area contributed by atoms with Crippen LogP contribution in [0.1, 0.15) is 46.1 Å². The Morgan fingerprint density at radius 3 is 2.28 bits per heavy atom. The quantitative estimate of drug-likeness (QED) is 0.589. The maximum atomic E-state index is 13.8. The molecule has 1 unspecified atom stereocenters. The highest BCUT2D eigenvalue weighted by molar-refractivity contribution is 7.89. The lowest BCUT2D eigenvalue weighted by atomic mass is 10.1. The number of carbonyl (C=O) groups is 2. The zero-order chi connectivity index (χ0) is 26.5. The molecule has 1 N–H and O–H groups in total. The summed E-state index contributed by atoms with van der Waals surface area (Å²) in [4.78, 5) is 25.8. The largest absolute Gasteiger partial charge is 0.497 e. The molecule has 2 amide bonds. The Morgan fingerprint density at radius 1 is 1.08 bits per heavy atom. The highest BCUT2D eigenvalue weighted by atomic mass is 32.2. The highest BCUT2D eigenvalue weighted by Gasteiger charge is 2.36. The molecule has 0 spiro atoms. The second-order valence-electron chi connectivity index (χ2n) is 9.83. The van der Waals surface area contributed by atoms with Crippen LogP contribution in [0.3, 0.4) is 0 Å². The van der Waals surface area contributed by atoms with Crippen molar-refractivity contribution in [1.82, 2.24) is 9.21 Å². The summed E-state index contributed by atoms with van der Waals surface area (Å²) in [6.07, 6.45) is 0.812. The minimum absolute atomic E-state index is 0.113. The van der Waals surface area contributed by atoms with Crippen molar-refractivity contribution >= 4 is 27.7 Å².